The monoisotopic (exact) mass is 344 g/mol. The summed E-state index contributed by atoms with van der Waals surface area (Å²) >= 11 is 2.88. The van der Waals surface area contributed by atoms with E-state index in [9.17, 15) is 18.4 Å². The number of rotatable bonds is 2. The third-order valence-corrected chi connectivity index (χ3v) is 4.13. The molecule has 0 spiro atoms. The number of benzene rings is 1. The maximum atomic E-state index is 13.9. The summed E-state index contributed by atoms with van der Waals surface area (Å²) in [7, 11) is 0. The average molecular weight is 345 g/mol. The second kappa shape index (κ2) is 4.80. The lowest BCUT2D eigenvalue weighted by Crippen LogP contribution is -2.59. The zero-order valence-electron chi connectivity index (χ0n) is 10.3. The number of nitrogens with one attached hydrogen (secondary N) is 1. The van der Waals surface area contributed by atoms with Crippen LogP contribution in [0.15, 0.2) is 16.6 Å². The van der Waals surface area contributed by atoms with Crippen molar-refractivity contribution in [3.8, 4) is 0 Å². The number of carbonyl (C=O) groups is 2. The smallest absolute Gasteiger partial charge is 0.250 e. The van der Waals surface area contributed by atoms with Crippen molar-refractivity contribution in [1.29, 1.82) is 0 Å². The van der Waals surface area contributed by atoms with Gasteiger partial charge in [-0.05, 0) is 40.8 Å². The van der Waals surface area contributed by atoms with Crippen LogP contribution in [0.25, 0.3) is 0 Å². The number of hydrogen-bond acceptors (Lipinski definition) is 2. The number of carbonyl (C=O) groups excluding carboxylic acids is 2. The highest BCUT2D eigenvalue weighted by molar-refractivity contribution is 9.10. The number of piperazine rings is 1. The Morgan fingerprint density at radius 1 is 1.20 bits per heavy atom. The molecular weight excluding hydrogens is 334 g/mol. The number of nitrogens with zero attached hydrogens (tertiary/aromatic N) is 1. The summed E-state index contributed by atoms with van der Waals surface area (Å²) in [4.78, 5) is 25.0. The minimum Gasteiger partial charge on any atom is -0.342 e. The van der Waals surface area contributed by atoms with Gasteiger partial charge in [0.1, 0.15) is 24.2 Å². The van der Waals surface area contributed by atoms with Crippen LogP contribution in [-0.4, -0.2) is 24.4 Å². The Labute approximate surface area is 122 Å². The summed E-state index contributed by atoms with van der Waals surface area (Å²) in [6.07, 6.45) is 1.73. The summed E-state index contributed by atoms with van der Waals surface area (Å²) in [5.41, 5.74) is -0.198. The van der Waals surface area contributed by atoms with E-state index >= 15 is 0 Å². The van der Waals surface area contributed by atoms with E-state index in [4.69, 9.17) is 0 Å². The van der Waals surface area contributed by atoms with Crippen LogP contribution in [0, 0.1) is 17.6 Å². The van der Waals surface area contributed by atoms with Crippen LogP contribution in [0.3, 0.4) is 0 Å². The highest BCUT2D eigenvalue weighted by atomic mass is 79.9. The van der Waals surface area contributed by atoms with E-state index in [2.05, 4.69) is 21.2 Å². The van der Waals surface area contributed by atoms with Gasteiger partial charge >= 0.3 is 0 Å². The van der Waals surface area contributed by atoms with Crippen molar-refractivity contribution in [2.24, 2.45) is 5.92 Å². The maximum absolute atomic E-state index is 13.9. The molecule has 1 N–H and O–H groups in total. The van der Waals surface area contributed by atoms with Gasteiger partial charge in [0, 0.05) is 6.07 Å². The largest absolute Gasteiger partial charge is 0.342 e. The van der Waals surface area contributed by atoms with E-state index in [-0.39, 0.29) is 34.4 Å². The van der Waals surface area contributed by atoms with Crippen molar-refractivity contribution < 1.29 is 18.4 Å². The molecule has 3 rings (SSSR count). The molecule has 1 aliphatic carbocycles. The fraction of sp³-hybridized carbons (Fsp3) is 0.385. The average Bonchev–Trinajstić information content (AvgIpc) is 3.21. The molecule has 1 atom stereocenters. The molecule has 0 radical (unpaired) electrons. The first-order valence-corrected chi connectivity index (χ1v) is 7.02. The van der Waals surface area contributed by atoms with Gasteiger partial charge in [-0.25, -0.2) is 8.78 Å². The third-order valence-electron chi connectivity index (χ3n) is 3.52. The summed E-state index contributed by atoms with van der Waals surface area (Å²) in [5.74, 6) is -2.05. The van der Waals surface area contributed by atoms with E-state index < -0.39 is 17.7 Å². The SMILES string of the molecule is O=C1CN(c2cc(F)c(Br)cc2F)C(=O)C(C2CC2)N1. The van der Waals surface area contributed by atoms with Gasteiger partial charge in [0.2, 0.25) is 11.8 Å². The van der Waals surface area contributed by atoms with Crippen LogP contribution in [0.2, 0.25) is 0 Å². The van der Waals surface area contributed by atoms with E-state index in [1.165, 1.54) is 0 Å². The third kappa shape index (κ3) is 2.30. The lowest BCUT2D eigenvalue weighted by molar-refractivity contribution is -0.131. The molecule has 2 amide bonds. The van der Waals surface area contributed by atoms with Gasteiger partial charge in [0.15, 0.2) is 0 Å². The molecule has 1 unspecified atom stereocenters. The summed E-state index contributed by atoms with van der Waals surface area (Å²) < 4.78 is 27.5. The first-order chi connectivity index (χ1) is 9.47. The number of anilines is 1. The van der Waals surface area contributed by atoms with Gasteiger partial charge < -0.3 is 5.32 Å². The second-order valence-electron chi connectivity index (χ2n) is 5.02. The summed E-state index contributed by atoms with van der Waals surface area (Å²) in [6, 6.07) is 1.26. The maximum Gasteiger partial charge on any atom is 0.250 e. The zero-order chi connectivity index (χ0) is 14.4. The van der Waals surface area contributed by atoms with Crippen LogP contribution in [0.4, 0.5) is 14.5 Å². The molecule has 1 aliphatic heterocycles. The number of amides is 2. The first kappa shape index (κ1) is 13.5. The molecule has 0 bridgehead atoms. The number of halogens is 3. The molecule has 106 valence electrons. The summed E-state index contributed by atoms with van der Waals surface area (Å²) in [6.45, 7) is -0.292. The van der Waals surface area contributed by atoms with Gasteiger partial charge in [-0.15, -0.1) is 0 Å². The molecule has 1 aromatic carbocycles. The predicted molar refractivity (Wildman–Crippen MR) is 71.1 cm³/mol. The van der Waals surface area contributed by atoms with Crippen LogP contribution < -0.4 is 10.2 Å². The molecule has 7 heteroatoms. The Kier molecular flexibility index (Phi) is 3.24. The normalized spacial score (nSPS) is 22.9. The Hall–Kier alpha value is -1.50. The van der Waals surface area contributed by atoms with Crippen LogP contribution >= 0.6 is 15.9 Å². The molecule has 1 heterocycles. The van der Waals surface area contributed by atoms with Crippen molar-refractivity contribution in [1.82, 2.24) is 5.32 Å². The molecule has 4 nitrogen and oxygen atoms in total. The minimum absolute atomic E-state index is 0.0218. The second-order valence-corrected chi connectivity index (χ2v) is 5.88. The van der Waals surface area contributed by atoms with Crippen molar-refractivity contribution >= 4 is 33.4 Å². The minimum atomic E-state index is -0.740. The highest BCUT2D eigenvalue weighted by Gasteiger charge is 2.43. The van der Waals surface area contributed by atoms with Gasteiger partial charge in [0.05, 0.1) is 10.2 Å². The van der Waals surface area contributed by atoms with Crippen LogP contribution in [-0.2, 0) is 9.59 Å². The van der Waals surface area contributed by atoms with Gasteiger partial charge in [0.25, 0.3) is 0 Å². The van der Waals surface area contributed by atoms with Crippen LogP contribution in [0.5, 0.6) is 0 Å². The molecule has 2 fully saturated rings. The number of hydrogen-bond donors (Lipinski definition) is 1. The Bertz CT molecular complexity index is 604. The van der Waals surface area contributed by atoms with Crippen LogP contribution in [0.1, 0.15) is 12.8 Å². The molecule has 2 aliphatic rings. The molecule has 1 saturated carbocycles. The quantitative estimate of drug-likeness (QED) is 0.834. The fourth-order valence-corrected chi connectivity index (χ4v) is 2.66. The standard InChI is InChI=1S/C13H11BrF2N2O2/c14-7-3-9(16)10(4-8(7)15)18-5-11(19)17-12(13(18)20)6-1-2-6/h3-4,6,12H,1-2,5H2,(H,17,19). The van der Waals surface area contributed by atoms with Gasteiger partial charge in [-0.3, -0.25) is 14.5 Å². The first-order valence-electron chi connectivity index (χ1n) is 6.22. The highest BCUT2D eigenvalue weighted by Crippen LogP contribution is 2.36. The molecule has 1 saturated heterocycles. The van der Waals surface area contributed by atoms with Crippen molar-refractivity contribution in [3.63, 3.8) is 0 Å². The molecule has 1 aromatic rings. The molecule has 0 aromatic heterocycles. The summed E-state index contributed by atoms with van der Waals surface area (Å²) in [5, 5.41) is 2.62. The van der Waals surface area contributed by atoms with E-state index in [0.717, 1.165) is 29.9 Å². The lowest BCUT2D eigenvalue weighted by atomic mass is 10.1. The van der Waals surface area contributed by atoms with E-state index in [0.29, 0.717) is 0 Å². The van der Waals surface area contributed by atoms with Gasteiger partial charge in [-0.2, -0.15) is 0 Å². The van der Waals surface area contributed by atoms with E-state index in [1.54, 1.807) is 0 Å². The topological polar surface area (TPSA) is 49.4 Å². The van der Waals surface area contributed by atoms with Gasteiger partial charge in [-0.1, -0.05) is 0 Å². The van der Waals surface area contributed by atoms with E-state index in [1.807, 2.05) is 0 Å². The Morgan fingerprint density at radius 3 is 2.55 bits per heavy atom. The van der Waals surface area contributed by atoms with Crippen molar-refractivity contribution in [2.45, 2.75) is 18.9 Å². The Balaban J connectivity index is 1.97. The predicted octanol–water partition coefficient (Wildman–Crippen LogP) is 1.97. The van der Waals surface area contributed by atoms with Crippen molar-refractivity contribution in [2.75, 3.05) is 11.4 Å². The molecular formula is C13H11BrF2N2O2. The Morgan fingerprint density at radius 2 is 1.90 bits per heavy atom. The van der Waals surface area contributed by atoms with Crippen molar-refractivity contribution in [3.05, 3.63) is 28.2 Å². The zero-order valence-corrected chi connectivity index (χ0v) is 11.9. The lowest BCUT2D eigenvalue weighted by Gasteiger charge is -2.32. The fourth-order valence-electron chi connectivity index (χ4n) is 2.34. The molecule has 20 heavy (non-hydrogen) atoms.